The minimum Gasteiger partial charge on any atom is -0.494 e. The highest BCUT2D eigenvalue weighted by Gasteiger charge is 2.32. The molecule has 2 N–H and O–H groups in total. The van der Waals surface area contributed by atoms with Crippen LogP contribution < -0.4 is 10.1 Å². The summed E-state index contributed by atoms with van der Waals surface area (Å²) in [5.74, 6) is 1.26. The van der Waals surface area contributed by atoms with Crippen molar-refractivity contribution in [3.63, 3.8) is 0 Å². The van der Waals surface area contributed by atoms with Gasteiger partial charge >= 0.3 is 0 Å². The Morgan fingerprint density at radius 2 is 1.82 bits per heavy atom. The molecular weight excluding hydrogens is 535 g/mol. The molecule has 204 valence electrons. The number of hydrogen-bond donors (Lipinski definition) is 2. The van der Waals surface area contributed by atoms with Crippen LogP contribution in [0.15, 0.2) is 24.3 Å². The summed E-state index contributed by atoms with van der Waals surface area (Å²) < 4.78 is 8.16. The fourth-order valence-electron chi connectivity index (χ4n) is 5.69. The van der Waals surface area contributed by atoms with Gasteiger partial charge in [-0.2, -0.15) is 0 Å². The Hall–Kier alpha value is -3.13. The van der Waals surface area contributed by atoms with Crippen LogP contribution in [0.2, 0.25) is 10.0 Å². The number of fused-ring (bicyclic) bond motifs is 3. The SMILES string of the molecule is Cc1nc(C)c(-c2c(Cl)ccc3c(CCCOc4cc(C)c(Cl)c(C)c4)c4n(c23)[C@H](C)CNC4=O)c(CO)n1. The molecular formula is C30H32Cl2N4O3. The first-order valence-corrected chi connectivity index (χ1v) is 13.9. The minimum absolute atomic E-state index is 0.00619. The minimum atomic E-state index is -0.246. The molecule has 2 aromatic heterocycles. The summed E-state index contributed by atoms with van der Waals surface area (Å²) in [6.07, 6.45) is 1.35. The van der Waals surface area contributed by atoms with E-state index in [2.05, 4.69) is 26.8 Å². The predicted molar refractivity (Wildman–Crippen MR) is 155 cm³/mol. The van der Waals surface area contributed by atoms with Crippen molar-refractivity contribution in [3.8, 4) is 16.9 Å². The number of aliphatic hydroxyl groups excluding tert-OH is 1. The Morgan fingerprint density at radius 3 is 2.51 bits per heavy atom. The van der Waals surface area contributed by atoms with Crippen molar-refractivity contribution < 1.29 is 14.6 Å². The van der Waals surface area contributed by atoms with Gasteiger partial charge in [0.1, 0.15) is 17.3 Å². The van der Waals surface area contributed by atoms with E-state index < -0.39 is 0 Å². The molecule has 1 aliphatic heterocycles. The summed E-state index contributed by atoms with van der Waals surface area (Å²) >= 11 is 13.2. The standard InChI is InChI=1S/C30H32Cl2N4O3/c1-15-11-20(12-16(2)27(15)32)39-10-6-7-21-22-8-9-23(31)26(25-18(4)34-19(5)35-24(25)14-37)28(22)36-17(3)13-33-30(38)29(21)36/h8-9,11-12,17,37H,6-7,10,13-14H2,1-5H3,(H,33,38)/t17-/m1/s1. The number of amides is 1. The normalized spacial score (nSPS) is 15.0. The van der Waals surface area contributed by atoms with Crippen LogP contribution in [-0.4, -0.2) is 38.7 Å². The lowest BCUT2D eigenvalue weighted by molar-refractivity contribution is 0.0918. The maximum absolute atomic E-state index is 13.3. The van der Waals surface area contributed by atoms with E-state index in [9.17, 15) is 9.90 Å². The number of halogens is 2. The van der Waals surface area contributed by atoms with Crippen molar-refractivity contribution in [1.82, 2.24) is 19.9 Å². The van der Waals surface area contributed by atoms with Gasteiger partial charge in [0, 0.05) is 39.8 Å². The van der Waals surface area contributed by atoms with Crippen LogP contribution >= 0.6 is 23.2 Å². The van der Waals surface area contributed by atoms with Crippen LogP contribution in [0, 0.1) is 27.7 Å². The Kier molecular flexibility index (Phi) is 7.60. The summed E-state index contributed by atoms with van der Waals surface area (Å²) in [7, 11) is 0. The molecule has 1 atom stereocenters. The Morgan fingerprint density at radius 1 is 1.10 bits per heavy atom. The third-order valence-corrected chi connectivity index (χ3v) is 8.27. The van der Waals surface area contributed by atoms with E-state index in [1.807, 2.05) is 45.0 Å². The van der Waals surface area contributed by atoms with Gasteiger partial charge in [0.05, 0.1) is 29.4 Å². The molecule has 0 radical (unpaired) electrons. The number of nitrogens with zero attached hydrogens (tertiary/aromatic N) is 3. The highest BCUT2D eigenvalue weighted by Crippen LogP contribution is 2.43. The van der Waals surface area contributed by atoms with E-state index in [0.29, 0.717) is 53.8 Å². The van der Waals surface area contributed by atoms with E-state index in [0.717, 1.165) is 49.6 Å². The highest BCUT2D eigenvalue weighted by atomic mass is 35.5. The van der Waals surface area contributed by atoms with Crippen LogP contribution in [0.4, 0.5) is 0 Å². The molecule has 4 aromatic rings. The fraction of sp³-hybridized carbons (Fsp3) is 0.367. The molecule has 0 spiro atoms. The zero-order valence-electron chi connectivity index (χ0n) is 22.8. The first-order chi connectivity index (χ1) is 18.6. The Labute approximate surface area is 238 Å². The third-order valence-electron chi connectivity index (χ3n) is 7.36. The van der Waals surface area contributed by atoms with Gasteiger partial charge in [0.25, 0.3) is 5.91 Å². The molecule has 0 aliphatic carbocycles. The van der Waals surface area contributed by atoms with Crippen molar-refractivity contribution in [1.29, 1.82) is 0 Å². The number of carbonyl (C=O) groups is 1. The molecule has 3 heterocycles. The fourth-order valence-corrected chi connectivity index (χ4v) is 6.05. The molecule has 1 aliphatic rings. The van der Waals surface area contributed by atoms with Gasteiger partial charge in [0.15, 0.2) is 0 Å². The van der Waals surface area contributed by atoms with E-state index in [4.69, 9.17) is 27.9 Å². The number of hydrogen-bond acceptors (Lipinski definition) is 5. The maximum Gasteiger partial charge on any atom is 0.268 e. The summed E-state index contributed by atoms with van der Waals surface area (Å²) in [5.41, 5.74) is 7.11. The molecule has 9 heteroatoms. The first-order valence-electron chi connectivity index (χ1n) is 13.1. The average Bonchev–Trinajstić information content (AvgIpc) is 3.23. The zero-order valence-corrected chi connectivity index (χ0v) is 24.3. The topological polar surface area (TPSA) is 89.3 Å². The Bertz CT molecular complexity index is 1590. The highest BCUT2D eigenvalue weighted by molar-refractivity contribution is 6.35. The Balaban J connectivity index is 1.60. The quantitative estimate of drug-likeness (QED) is 0.251. The second kappa shape index (κ2) is 10.8. The van der Waals surface area contributed by atoms with Crippen LogP contribution in [0.3, 0.4) is 0 Å². The number of aromatic nitrogens is 3. The monoisotopic (exact) mass is 566 g/mol. The molecule has 0 bridgehead atoms. The predicted octanol–water partition coefficient (Wildman–Crippen LogP) is 6.45. The molecule has 2 aromatic carbocycles. The zero-order chi connectivity index (χ0) is 28.0. The van der Waals surface area contributed by atoms with Crippen molar-refractivity contribution in [2.24, 2.45) is 0 Å². The van der Waals surface area contributed by atoms with Crippen molar-refractivity contribution >= 4 is 40.0 Å². The molecule has 39 heavy (non-hydrogen) atoms. The first kappa shape index (κ1) is 27.4. The van der Waals surface area contributed by atoms with Crippen LogP contribution in [0.25, 0.3) is 22.0 Å². The van der Waals surface area contributed by atoms with E-state index in [-0.39, 0.29) is 18.6 Å². The second-order valence-electron chi connectivity index (χ2n) is 10.2. The van der Waals surface area contributed by atoms with Crippen LogP contribution in [0.1, 0.15) is 63.8 Å². The van der Waals surface area contributed by atoms with Gasteiger partial charge in [-0.05, 0) is 82.3 Å². The second-order valence-corrected chi connectivity index (χ2v) is 11.0. The summed E-state index contributed by atoms with van der Waals surface area (Å²) in [5, 5.41) is 15.5. The number of ether oxygens (including phenoxy) is 1. The smallest absolute Gasteiger partial charge is 0.268 e. The van der Waals surface area contributed by atoms with Gasteiger partial charge in [0.2, 0.25) is 0 Å². The number of carbonyl (C=O) groups excluding carboxylic acids is 1. The average molecular weight is 568 g/mol. The van der Waals surface area contributed by atoms with Crippen molar-refractivity contribution in [2.75, 3.05) is 13.2 Å². The van der Waals surface area contributed by atoms with Crippen molar-refractivity contribution in [2.45, 2.75) is 60.1 Å². The lowest BCUT2D eigenvalue weighted by atomic mass is 9.97. The lowest BCUT2D eigenvalue weighted by Crippen LogP contribution is -2.38. The number of rotatable bonds is 7. The van der Waals surface area contributed by atoms with E-state index in [1.165, 1.54) is 0 Å². The number of aryl methyl sites for hydroxylation is 5. The van der Waals surface area contributed by atoms with Gasteiger partial charge in [-0.25, -0.2) is 9.97 Å². The summed E-state index contributed by atoms with van der Waals surface area (Å²) in [6.45, 7) is 10.5. The van der Waals surface area contributed by atoms with E-state index >= 15 is 0 Å². The summed E-state index contributed by atoms with van der Waals surface area (Å²) in [6, 6.07) is 7.73. The van der Waals surface area contributed by atoms with Gasteiger partial charge in [-0.3, -0.25) is 4.79 Å². The summed E-state index contributed by atoms with van der Waals surface area (Å²) in [4.78, 5) is 22.4. The van der Waals surface area contributed by atoms with Crippen molar-refractivity contribution in [3.05, 3.63) is 73.9 Å². The maximum atomic E-state index is 13.3. The third kappa shape index (κ3) is 4.88. The molecule has 0 saturated carbocycles. The van der Waals surface area contributed by atoms with Gasteiger partial charge in [-0.1, -0.05) is 29.3 Å². The van der Waals surface area contributed by atoms with Gasteiger partial charge in [-0.15, -0.1) is 0 Å². The molecule has 1 amide bonds. The largest absolute Gasteiger partial charge is 0.494 e. The molecule has 7 nitrogen and oxygen atoms in total. The molecule has 5 rings (SSSR count). The molecule has 0 unspecified atom stereocenters. The lowest BCUT2D eigenvalue weighted by Gasteiger charge is -2.26. The number of aliphatic hydroxyl groups is 1. The molecule has 0 saturated heterocycles. The molecule has 0 fully saturated rings. The number of nitrogens with one attached hydrogen (secondary N) is 1. The number of benzene rings is 2. The van der Waals surface area contributed by atoms with Crippen LogP contribution in [0.5, 0.6) is 5.75 Å². The van der Waals surface area contributed by atoms with Crippen LogP contribution in [-0.2, 0) is 13.0 Å². The van der Waals surface area contributed by atoms with E-state index in [1.54, 1.807) is 6.92 Å². The van der Waals surface area contributed by atoms with Gasteiger partial charge < -0.3 is 19.7 Å².